The summed E-state index contributed by atoms with van der Waals surface area (Å²) in [6.07, 6.45) is 1.90. The fourth-order valence-electron chi connectivity index (χ4n) is 2.11. The Bertz CT molecular complexity index is 630. The van der Waals surface area contributed by atoms with Crippen LogP contribution in [0.25, 0.3) is 11.3 Å². The van der Waals surface area contributed by atoms with Gasteiger partial charge in [0.2, 0.25) is 0 Å². The predicted octanol–water partition coefficient (Wildman–Crippen LogP) is 2.79. The summed E-state index contributed by atoms with van der Waals surface area (Å²) in [5.41, 5.74) is 2.07. The summed E-state index contributed by atoms with van der Waals surface area (Å²) in [7, 11) is 0. The zero-order valence-electron chi connectivity index (χ0n) is 13.2. The van der Waals surface area contributed by atoms with Crippen LogP contribution in [-0.4, -0.2) is 29.1 Å². The van der Waals surface area contributed by atoms with Crippen molar-refractivity contribution in [1.82, 2.24) is 10.3 Å². The van der Waals surface area contributed by atoms with Gasteiger partial charge in [0.1, 0.15) is 0 Å². The summed E-state index contributed by atoms with van der Waals surface area (Å²) in [5, 5.41) is 11.9. The van der Waals surface area contributed by atoms with Crippen molar-refractivity contribution in [2.45, 2.75) is 27.2 Å². The molecule has 0 unspecified atom stereocenters. The van der Waals surface area contributed by atoms with Crippen LogP contribution in [0.2, 0.25) is 0 Å². The number of rotatable bonds is 6. The topological polar surface area (TPSA) is 75.4 Å². The van der Waals surface area contributed by atoms with Gasteiger partial charge in [-0.05, 0) is 18.8 Å². The summed E-state index contributed by atoms with van der Waals surface area (Å²) in [6, 6.07) is 7.73. The highest BCUT2D eigenvalue weighted by atomic mass is 16.3. The molecule has 0 spiro atoms. The molecule has 5 nitrogen and oxygen atoms in total. The molecule has 0 fully saturated rings. The standard InChI is InChI=1S/C17H22N2O3/c1-12-4-6-13(7-5-12)15-14(19-11-22-15)16(21)18-10-17(2,3)8-9-20/h4-7,11,20H,8-10H2,1-3H3,(H,18,21). The Morgan fingerprint density at radius 3 is 2.64 bits per heavy atom. The van der Waals surface area contributed by atoms with E-state index in [9.17, 15) is 4.79 Å². The van der Waals surface area contributed by atoms with Gasteiger partial charge in [-0.3, -0.25) is 4.79 Å². The highest BCUT2D eigenvalue weighted by Gasteiger charge is 2.22. The normalized spacial score (nSPS) is 11.5. The Labute approximate surface area is 130 Å². The average Bonchev–Trinajstić information content (AvgIpc) is 2.95. The summed E-state index contributed by atoms with van der Waals surface area (Å²) in [4.78, 5) is 16.4. The van der Waals surface area contributed by atoms with Crippen LogP contribution < -0.4 is 5.32 Å². The van der Waals surface area contributed by atoms with Crippen LogP contribution in [0, 0.1) is 12.3 Å². The molecule has 0 bridgehead atoms. The number of amides is 1. The Morgan fingerprint density at radius 1 is 1.32 bits per heavy atom. The number of nitrogens with one attached hydrogen (secondary N) is 1. The fraction of sp³-hybridized carbons (Fsp3) is 0.412. The fourth-order valence-corrected chi connectivity index (χ4v) is 2.11. The van der Waals surface area contributed by atoms with Gasteiger partial charge in [-0.2, -0.15) is 0 Å². The first-order chi connectivity index (χ1) is 10.4. The number of carbonyl (C=O) groups is 1. The largest absolute Gasteiger partial charge is 0.443 e. The lowest BCUT2D eigenvalue weighted by Crippen LogP contribution is -2.34. The molecule has 0 aliphatic rings. The number of nitrogens with zero attached hydrogens (tertiary/aromatic N) is 1. The lowest BCUT2D eigenvalue weighted by Gasteiger charge is -2.23. The molecule has 22 heavy (non-hydrogen) atoms. The second-order valence-corrected chi connectivity index (χ2v) is 6.22. The number of aliphatic hydroxyl groups is 1. The van der Waals surface area contributed by atoms with Gasteiger partial charge in [-0.15, -0.1) is 0 Å². The summed E-state index contributed by atoms with van der Waals surface area (Å²) >= 11 is 0. The molecule has 0 aliphatic heterocycles. The van der Waals surface area contributed by atoms with Crippen molar-refractivity contribution in [2.24, 2.45) is 5.41 Å². The van der Waals surface area contributed by atoms with E-state index >= 15 is 0 Å². The van der Waals surface area contributed by atoms with E-state index in [1.165, 1.54) is 6.39 Å². The number of aliphatic hydroxyl groups excluding tert-OH is 1. The van der Waals surface area contributed by atoms with Crippen LogP contribution in [0.5, 0.6) is 0 Å². The van der Waals surface area contributed by atoms with Gasteiger partial charge < -0.3 is 14.8 Å². The predicted molar refractivity (Wildman–Crippen MR) is 84.5 cm³/mol. The van der Waals surface area contributed by atoms with Crippen molar-refractivity contribution < 1.29 is 14.3 Å². The number of benzene rings is 1. The molecule has 118 valence electrons. The summed E-state index contributed by atoms with van der Waals surface area (Å²) in [6.45, 7) is 6.55. The molecular formula is C17H22N2O3. The van der Waals surface area contributed by atoms with Gasteiger partial charge in [-0.1, -0.05) is 43.7 Å². The molecule has 1 aromatic heterocycles. The molecule has 1 aromatic carbocycles. The quantitative estimate of drug-likeness (QED) is 0.860. The second-order valence-electron chi connectivity index (χ2n) is 6.22. The summed E-state index contributed by atoms with van der Waals surface area (Å²) in [5.74, 6) is 0.202. The zero-order valence-corrected chi connectivity index (χ0v) is 13.2. The molecule has 0 aliphatic carbocycles. The maximum atomic E-state index is 12.3. The molecule has 1 heterocycles. The minimum absolute atomic E-state index is 0.0987. The first-order valence-electron chi connectivity index (χ1n) is 7.32. The minimum atomic E-state index is -0.268. The third kappa shape index (κ3) is 3.95. The highest BCUT2D eigenvalue weighted by Crippen LogP contribution is 2.24. The number of hydrogen-bond acceptors (Lipinski definition) is 4. The van der Waals surface area contributed by atoms with Crippen LogP contribution in [0.4, 0.5) is 0 Å². The van der Waals surface area contributed by atoms with E-state index in [0.29, 0.717) is 18.7 Å². The maximum absolute atomic E-state index is 12.3. The first-order valence-corrected chi connectivity index (χ1v) is 7.32. The van der Waals surface area contributed by atoms with E-state index in [1.54, 1.807) is 0 Å². The average molecular weight is 302 g/mol. The van der Waals surface area contributed by atoms with E-state index in [2.05, 4.69) is 10.3 Å². The molecule has 2 rings (SSSR count). The van der Waals surface area contributed by atoms with E-state index in [-0.39, 0.29) is 23.6 Å². The van der Waals surface area contributed by atoms with Crippen LogP contribution in [0.3, 0.4) is 0 Å². The SMILES string of the molecule is Cc1ccc(-c2ocnc2C(=O)NCC(C)(C)CCO)cc1. The van der Waals surface area contributed by atoms with Crippen LogP contribution in [-0.2, 0) is 0 Å². The number of aryl methyl sites for hydroxylation is 1. The van der Waals surface area contributed by atoms with E-state index in [4.69, 9.17) is 9.52 Å². The monoisotopic (exact) mass is 302 g/mol. The maximum Gasteiger partial charge on any atom is 0.273 e. The lowest BCUT2D eigenvalue weighted by molar-refractivity contribution is 0.0924. The van der Waals surface area contributed by atoms with Crippen molar-refractivity contribution >= 4 is 5.91 Å². The van der Waals surface area contributed by atoms with Crippen molar-refractivity contribution in [2.75, 3.05) is 13.2 Å². The molecule has 0 saturated carbocycles. The third-order valence-electron chi connectivity index (χ3n) is 3.61. The van der Waals surface area contributed by atoms with Gasteiger partial charge in [-0.25, -0.2) is 4.98 Å². The van der Waals surface area contributed by atoms with Crippen molar-refractivity contribution in [3.05, 3.63) is 41.9 Å². The van der Waals surface area contributed by atoms with Crippen LogP contribution in [0.15, 0.2) is 35.1 Å². The van der Waals surface area contributed by atoms with Crippen LogP contribution in [0.1, 0.15) is 36.3 Å². The smallest absolute Gasteiger partial charge is 0.273 e. The molecule has 5 heteroatoms. The highest BCUT2D eigenvalue weighted by molar-refractivity contribution is 5.97. The number of carbonyl (C=O) groups excluding carboxylic acids is 1. The molecular weight excluding hydrogens is 280 g/mol. The van der Waals surface area contributed by atoms with Gasteiger partial charge in [0.25, 0.3) is 5.91 Å². The minimum Gasteiger partial charge on any atom is -0.443 e. The number of hydrogen-bond donors (Lipinski definition) is 2. The molecule has 0 saturated heterocycles. The molecule has 0 radical (unpaired) electrons. The van der Waals surface area contributed by atoms with Crippen molar-refractivity contribution in [1.29, 1.82) is 0 Å². The van der Waals surface area contributed by atoms with Crippen molar-refractivity contribution in [3.8, 4) is 11.3 Å². The molecule has 2 N–H and O–H groups in total. The lowest BCUT2D eigenvalue weighted by atomic mass is 9.90. The van der Waals surface area contributed by atoms with E-state index < -0.39 is 0 Å². The van der Waals surface area contributed by atoms with Gasteiger partial charge in [0.05, 0.1) is 0 Å². The number of aromatic nitrogens is 1. The third-order valence-corrected chi connectivity index (χ3v) is 3.61. The van der Waals surface area contributed by atoms with Gasteiger partial charge in [0.15, 0.2) is 17.8 Å². The van der Waals surface area contributed by atoms with E-state index in [0.717, 1.165) is 11.1 Å². The van der Waals surface area contributed by atoms with Crippen LogP contribution >= 0.6 is 0 Å². The second kappa shape index (κ2) is 6.75. The Balaban J connectivity index is 2.12. The Hall–Kier alpha value is -2.14. The number of oxazole rings is 1. The molecule has 0 atom stereocenters. The van der Waals surface area contributed by atoms with Crippen molar-refractivity contribution in [3.63, 3.8) is 0 Å². The first kappa shape index (κ1) is 16.2. The molecule has 2 aromatic rings. The van der Waals surface area contributed by atoms with E-state index in [1.807, 2.05) is 45.0 Å². The molecule has 1 amide bonds. The Kier molecular flexibility index (Phi) is 4.98. The summed E-state index contributed by atoms with van der Waals surface area (Å²) < 4.78 is 5.38. The zero-order chi connectivity index (χ0) is 16.2. The Morgan fingerprint density at radius 2 is 2.00 bits per heavy atom. The van der Waals surface area contributed by atoms with Gasteiger partial charge in [0, 0.05) is 18.7 Å². The van der Waals surface area contributed by atoms with Gasteiger partial charge >= 0.3 is 0 Å².